The highest BCUT2D eigenvalue weighted by Gasteiger charge is 2.32. The van der Waals surface area contributed by atoms with Gasteiger partial charge in [-0.25, -0.2) is 0 Å². The van der Waals surface area contributed by atoms with Crippen LogP contribution in [0.15, 0.2) is 42.5 Å². The maximum Gasteiger partial charge on any atom is 0.268 e. The Morgan fingerprint density at radius 2 is 1.89 bits per heavy atom. The van der Waals surface area contributed by atoms with E-state index in [1.165, 1.54) is 4.90 Å². The highest BCUT2D eigenvalue weighted by Crippen LogP contribution is 2.33. The molecular weight excluding hydrogens is 382 g/mol. The first-order valence-electron chi connectivity index (χ1n) is 8.75. The third kappa shape index (κ3) is 4.26. The predicted molar refractivity (Wildman–Crippen MR) is 107 cm³/mol. The molecule has 2 aromatic rings. The fourth-order valence-corrected chi connectivity index (χ4v) is 3.01. The van der Waals surface area contributed by atoms with Crippen molar-refractivity contribution in [2.24, 2.45) is 0 Å². The molecular formula is C20H20ClN3O4. The lowest BCUT2D eigenvalue weighted by Gasteiger charge is -2.32. The van der Waals surface area contributed by atoms with Gasteiger partial charge >= 0.3 is 0 Å². The molecule has 0 fully saturated rings. The van der Waals surface area contributed by atoms with Crippen molar-refractivity contribution in [1.82, 2.24) is 5.32 Å². The molecule has 1 heterocycles. The molecule has 1 atom stereocenters. The van der Waals surface area contributed by atoms with Crippen LogP contribution in [0.5, 0.6) is 5.75 Å². The molecule has 1 aliphatic heterocycles. The molecule has 0 aliphatic carbocycles. The normalized spacial score (nSPS) is 15.5. The van der Waals surface area contributed by atoms with Gasteiger partial charge in [-0.2, -0.15) is 0 Å². The summed E-state index contributed by atoms with van der Waals surface area (Å²) in [6.45, 7) is 3.00. The molecule has 0 spiro atoms. The summed E-state index contributed by atoms with van der Waals surface area (Å²) >= 11 is 6.03. The SMILES string of the molecule is Cc1c(Cl)cccc1NC(=O)CNC(=O)CN1C(=O)[C@@H](C)Oc2ccccc21. The quantitative estimate of drug-likeness (QED) is 0.805. The van der Waals surface area contributed by atoms with Crippen molar-refractivity contribution in [1.29, 1.82) is 0 Å². The molecule has 0 aromatic heterocycles. The Balaban J connectivity index is 1.59. The number of rotatable bonds is 5. The summed E-state index contributed by atoms with van der Waals surface area (Å²) in [4.78, 5) is 38.2. The number of amides is 3. The third-order valence-corrected chi connectivity index (χ3v) is 4.77. The van der Waals surface area contributed by atoms with Gasteiger partial charge in [-0.1, -0.05) is 29.8 Å². The van der Waals surface area contributed by atoms with Gasteiger partial charge in [0.2, 0.25) is 11.8 Å². The van der Waals surface area contributed by atoms with Gasteiger partial charge in [-0.05, 0) is 43.7 Å². The van der Waals surface area contributed by atoms with E-state index in [1.807, 2.05) is 0 Å². The predicted octanol–water partition coefficient (Wildman–Crippen LogP) is 2.52. The molecule has 3 rings (SSSR count). The first kappa shape index (κ1) is 19.7. The number of nitrogens with zero attached hydrogens (tertiary/aromatic N) is 1. The van der Waals surface area contributed by atoms with E-state index >= 15 is 0 Å². The van der Waals surface area contributed by atoms with Gasteiger partial charge in [0.15, 0.2) is 6.10 Å². The largest absolute Gasteiger partial charge is 0.479 e. The Hall–Kier alpha value is -3.06. The number of para-hydroxylation sites is 2. The molecule has 1 aliphatic rings. The van der Waals surface area contributed by atoms with Gasteiger partial charge < -0.3 is 15.4 Å². The maximum atomic E-state index is 12.4. The van der Waals surface area contributed by atoms with E-state index in [-0.39, 0.29) is 24.9 Å². The van der Waals surface area contributed by atoms with Crippen LogP contribution in [0, 0.1) is 6.92 Å². The number of nitrogens with one attached hydrogen (secondary N) is 2. The van der Waals surface area contributed by atoms with E-state index in [0.29, 0.717) is 22.1 Å². The van der Waals surface area contributed by atoms with Crippen LogP contribution in [0.4, 0.5) is 11.4 Å². The van der Waals surface area contributed by atoms with Crippen LogP contribution in [-0.2, 0) is 14.4 Å². The van der Waals surface area contributed by atoms with Crippen LogP contribution in [0.3, 0.4) is 0 Å². The van der Waals surface area contributed by atoms with Crippen molar-refractivity contribution in [3.63, 3.8) is 0 Å². The smallest absolute Gasteiger partial charge is 0.268 e. The average molecular weight is 402 g/mol. The van der Waals surface area contributed by atoms with E-state index in [4.69, 9.17) is 16.3 Å². The summed E-state index contributed by atoms with van der Waals surface area (Å²) in [5, 5.41) is 5.78. The zero-order valence-corrected chi connectivity index (χ0v) is 16.2. The maximum absolute atomic E-state index is 12.4. The summed E-state index contributed by atoms with van der Waals surface area (Å²) in [6, 6.07) is 12.2. The van der Waals surface area contributed by atoms with Crippen LogP contribution >= 0.6 is 11.6 Å². The lowest BCUT2D eigenvalue weighted by atomic mass is 10.2. The van der Waals surface area contributed by atoms with E-state index in [1.54, 1.807) is 56.3 Å². The third-order valence-electron chi connectivity index (χ3n) is 4.36. The van der Waals surface area contributed by atoms with Crippen molar-refractivity contribution in [3.8, 4) is 5.75 Å². The molecule has 8 heteroatoms. The molecule has 0 radical (unpaired) electrons. The summed E-state index contributed by atoms with van der Waals surface area (Å²) < 4.78 is 5.54. The second kappa shape index (κ2) is 8.31. The minimum absolute atomic E-state index is 0.201. The molecule has 0 saturated carbocycles. The number of halogens is 1. The van der Waals surface area contributed by atoms with Crippen molar-refractivity contribution in [2.45, 2.75) is 20.0 Å². The number of carbonyl (C=O) groups excluding carboxylic acids is 3. The number of fused-ring (bicyclic) bond motifs is 1. The summed E-state index contributed by atoms with van der Waals surface area (Å²) in [6.07, 6.45) is -0.684. The van der Waals surface area contributed by atoms with Crippen molar-refractivity contribution in [2.75, 3.05) is 23.3 Å². The average Bonchev–Trinajstić information content (AvgIpc) is 2.67. The Kier molecular flexibility index (Phi) is 5.84. The lowest BCUT2D eigenvalue weighted by molar-refractivity contribution is -0.128. The molecule has 0 saturated heterocycles. The van der Waals surface area contributed by atoms with Crippen LogP contribution in [0.1, 0.15) is 12.5 Å². The van der Waals surface area contributed by atoms with Crippen LogP contribution in [0.2, 0.25) is 5.02 Å². The van der Waals surface area contributed by atoms with Crippen molar-refractivity contribution >= 4 is 40.7 Å². The van der Waals surface area contributed by atoms with Gasteiger partial charge in [0.05, 0.1) is 12.2 Å². The van der Waals surface area contributed by atoms with Crippen LogP contribution < -0.4 is 20.3 Å². The zero-order valence-electron chi connectivity index (χ0n) is 15.5. The Labute approximate surface area is 167 Å². The first-order chi connectivity index (χ1) is 13.4. The summed E-state index contributed by atoms with van der Waals surface area (Å²) in [5.74, 6) is -0.611. The molecule has 2 aromatic carbocycles. The fourth-order valence-electron chi connectivity index (χ4n) is 2.84. The van der Waals surface area contributed by atoms with Crippen molar-refractivity contribution in [3.05, 3.63) is 53.1 Å². The number of hydrogen-bond acceptors (Lipinski definition) is 4. The lowest BCUT2D eigenvalue weighted by Crippen LogP contribution is -2.49. The zero-order chi connectivity index (χ0) is 20.3. The monoisotopic (exact) mass is 401 g/mol. The molecule has 3 amide bonds. The molecule has 7 nitrogen and oxygen atoms in total. The van der Waals surface area contributed by atoms with Gasteiger partial charge in [0, 0.05) is 10.7 Å². The van der Waals surface area contributed by atoms with E-state index in [9.17, 15) is 14.4 Å². The molecule has 28 heavy (non-hydrogen) atoms. The van der Waals surface area contributed by atoms with Crippen LogP contribution in [-0.4, -0.2) is 36.9 Å². The van der Waals surface area contributed by atoms with E-state index in [0.717, 1.165) is 5.56 Å². The number of benzene rings is 2. The molecule has 146 valence electrons. The first-order valence-corrected chi connectivity index (χ1v) is 9.13. The van der Waals surface area contributed by atoms with E-state index < -0.39 is 12.0 Å². The highest BCUT2D eigenvalue weighted by atomic mass is 35.5. The van der Waals surface area contributed by atoms with Crippen molar-refractivity contribution < 1.29 is 19.1 Å². The molecule has 0 bridgehead atoms. The fraction of sp³-hybridized carbons (Fsp3) is 0.250. The molecule has 2 N–H and O–H groups in total. The minimum atomic E-state index is -0.684. The minimum Gasteiger partial charge on any atom is -0.479 e. The number of hydrogen-bond donors (Lipinski definition) is 2. The number of anilines is 2. The summed E-state index contributed by atoms with van der Waals surface area (Å²) in [7, 11) is 0. The highest BCUT2D eigenvalue weighted by molar-refractivity contribution is 6.31. The standard InChI is InChI=1S/C20H20ClN3O4/c1-12-14(21)6-5-7-15(12)23-18(25)10-22-19(26)11-24-16-8-3-4-9-17(16)28-13(2)20(24)27/h3-9,13H,10-11H2,1-2H3,(H,22,26)(H,23,25)/t13-/m1/s1. The Morgan fingerprint density at radius 3 is 2.68 bits per heavy atom. The van der Waals surface area contributed by atoms with Gasteiger partial charge in [-0.15, -0.1) is 0 Å². The summed E-state index contributed by atoms with van der Waals surface area (Å²) in [5.41, 5.74) is 1.85. The van der Waals surface area contributed by atoms with Gasteiger partial charge in [0.1, 0.15) is 12.3 Å². The second-order valence-corrected chi connectivity index (χ2v) is 6.80. The molecule has 0 unspecified atom stereocenters. The van der Waals surface area contributed by atoms with Gasteiger partial charge in [-0.3, -0.25) is 19.3 Å². The number of ether oxygens (including phenoxy) is 1. The topological polar surface area (TPSA) is 87.7 Å². The van der Waals surface area contributed by atoms with Gasteiger partial charge in [0.25, 0.3) is 5.91 Å². The Bertz CT molecular complexity index is 931. The number of carbonyl (C=O) groups is 3. The van der Waals surface area contributed by atoms with Crippen LogP contribution in [0.25, 0.3) is 0 Å². The van der Waals surface area contributed by atoms with E-state index in [2.05, 4.69) is 10.6 Å². The second-order valence-electron chi connectivity index (χ2n) is 6.39. The Morgan fingerprint density at radius 1 is 1.14 bits per heavy atom.